The van der Waals surface area contributed by atoms with Gasteiger partial charge in [-0.2, -0.15) is 0 Å². The van der Waals surface area contributed by atoms with Crippen molar-refractivity contribution in [2.75, 3.05) is 25.6 Å². The molecule has 3 fully saturated rings. The molecule has 0 aliphatic carbocycles. The first-order valence-electron chi connectivity index (χ1n) is 13.7. The van der Waals surface area contributed by atoms with Crippen molar-refractivity contribution in [3.8, 4) is 5.75 Å². The van der Waals surface area contributed by atoms with E-state index in [4.69, 9.17) is 4.74 Å². The second-order valence-corrected chi connectivity index (χ2v) is 12.9. The van der Waals surface area contributed by atoms with Crippen molar-refractivity contribution >= 4 is 35.2 Å². The van der Waals surface area contributed by atoms with Crippen LogP contribution in [0, 0.1) is 11.8 Å². The van der Waals surface area contributed by atoms with Gasteiger partial charge in [0.05, 0.1) is 23.7 Å². The molecule has 9 heteroatoms. The average Bonchev–Trinajstić information content (AvgIpc) is 3.51. The molecular weight excluding hydrogens is 514 g/mol. The van der Waals surface area contributed by atoms with E-state index >= 15 is 0 Å². The molecule has 0 aromatic heterocycles. The number of aliphatic hydroxyl groups excluding tert-OH is 1. The minimum absolute atomic E-state index is 0.0970. The van der Waals surface area contributed by atoms with E-state index in [9.17, 15) is 19.5 Å². The largest absolute Gasteiger partial charge is 0.497 e. The molecule has 8 nitrogen and oxygen atoms in total. The van der Waals surface area contributed by atoms with E-state index in [1.54, 1.807) is 48.0 Å². The number of methoxy groups -OCH3 is 1. The number of ether oxygens (including phenoxy) is 1. The topological polar surface area (TPSA) is 108 Å². The van der Waals surface area contributed by atoms with Gasteiger partial charge in [0.25, 0.3) is 0 Å². The van der Waals surface area contributed by atoms with E-state index in [1.165, 1.54) is 0 Å². The molecular formula is C30H37N3O5S. The average molecular weight is 552 g/mol. The van der Waals surface area contributed by atoms with Crippen molar-refractivity contribution in [1.29, 1.82) is 0 Å². The van der Waals surface area contributed by atoms with Gasteiger partial charge in [0.15, 0.2) is 0 Å². The number of fused-ring (bicyclic) bond motifs is 1. The van der Waals surface area contributed by atoms with Crippen LogP contribution in [0.4, 0.5) is 5.69 Å². The van der Waals surface area contributed by atoms with Crippen molar-refractivity contribution in [2.45, 2.75) is 61.1 Å². The Morgan fingerprint density at radius 1 is 1.05 bits per heavy atom. The summed E-state index contributed by atoms with van der Waals surface area (Å²) in [6.07, 6.45) is 3.58. The summed E-state index contributed by atoms with van der Waals surface area (Å²) >= 11 is 1.67. The van der Waals surface area contributed by atoms with Crippen LogP contribution in [-0.2, 0) is 20.9 Å². The molecule has 2 bridgehead atoms. The van der Waals surface area contributed by atoms with Gasteiger partial charge in [-0.3, -0.25) is 14.4 Å². The van der Waals surface area contributed by atoms with Crippen molar-refractivity contribution in [3.63, 3.8) is 0 Å². The molecule has 2 aromatic rings. The van der Waals surface area contributed by atoms with E-state index in [2.05, 4.69) is 17.6 Å². The summed E-state index contributed by atoms with van der Waals surface area (Å²) in [6.45, 7) is 3.00. The maximum absolute atomic E-state index is 14.1. The molecule has 0 radical (unpaired) electrons. The van der Waals surface area contributed by atoms with Gasteiger partial charge in [-0.25, -0.2) is 0 Å². The van der Waals surface area contributed by atoms with Crippen LogP contribution in [0.5, 0.6) is 5.75 Å². The van der Waals surface area contributed by atoms with Crippen molar-refractivity contribution in [1.82, 2.24) is 10.2 Å². The van der Waals surface area contributed by atoms with Gasteiger partial charge < -0.3 is 25.4 Å². The third-order valence-electron chi connectivity index (χ3n) is 8.53. The van der Waals surface area contributed by atoms with Crippen molar-refractivity contribution in [3.05, 3.63) is 60.2 Å². The molecule has 5 rings (SSSR count). The van der Waals surface area contributed by atoms with Gasteiger partial charge in [-0.1, -0.05) is 30.3 Å². The Hall–Kier alpha value is -3.04. The molecule has 2 aromatic carbocycles. The number of hydrogen-bond acceptors (Lipinski definition) is 6. The summed E-state index contributed by atoms with van der Waals surface area (Å²) in [7, 11) is 1.59. The highest BCUT2D eigenvalue weighted by Gasteiger charge is 2.76. The molecule has 1 spiro atoms. The molecule has 3 aliphatic heterocycles. The highest BCUT2D eigenvalue weighted by molar-refractivity contribution is 8.02. The summed E-state index contributed by atoms with van der Waals surface area (Å²) in [5.74, 6) is -0.821. The number of thioether (sulfide) groups is 1. The molecule has 0 saturated carbocycles. The zero-order chi connectivity index (χ0) is 27.6. The van der Waals surface area contributed by atoms with Gasteiger partial charge in [0, 0.05) is 30.1 Å². The SMILES string of the molecule is COc1ccc(NC(=O)C2N(CCCCCO)C(=O)[C@@H]3[C@@H](C(=O)NCc4ccccc4)[C@@]4(C)CCC23S4)cc1. The van der Waals surface area contributed by atoms with Gasteiger partial charge in [0.1, 0.15) is 11.8 Å². The van der Waals surface area contributed by atoms with E-state index in [0.29, 0.717) is 43.8 Å². The van der Waals surface area contributed by atoms with Crippen LogP contribution in [0.2, 0.25) is 0 Å². The fraction of sp³-hybridized carbons (Fsp3) is 0.500. The van der Waals surface area contributed by atoms with E-state index in [-0.39, 0.29) is 24.3 Å². The van der Waals surface area contributed by atoms with Crippen LogP contribution in [0.1, 0.15) is 44.6 Å². The second kappa shape index (κ2) is 11.2. The number of nitrogens with zero attached hydrogens (tertiary/aromatic N) is 1. The zero-order valence-corrected chi connectivity index (χ0v) is 23.3. The number of aliphatic hydroxyl groups is 1. The fourth-order valence-electron chi connectivity index (χ4n) is 6.72. The first-order chi connectivity index (χ1) is 18.8. The lowest BCUT2D eigenvalue weighted by molar-refractivity contribution is -0.140. The number of hydrogen-bond donors (Lipinski definition) is 3. The Bertz CT molecular complexity index is 1210. The number of carbonyl (C=O) groups is 3. The first kappa shape index (κ1) is 27.5. The van der Waals surface area contributed by atoms with Gasteiger partial charge in [-0.05, 0) is 68.9 Å². The summed E-state index contributed by atoms with van der Waals surface area (Å²) in [5.41, 5.74) is 1.63. The normalized spacial score (nSPS) is 28.8. The van der Waals surface area contributed by atoms with E-state index in [0.717, 1.165) is 18.4 Å². The number of anilines is 1. The quantitative estimate of drug-likeness (QED) is 0.369. The molecule has 3 N–H and O–H groups in total. The Labute approximate surface area is 233 Å². The molecule has 208 valence electrons. The molecule has 39 heavy (non-hydrogen) atoms. The lowest BCUT2D eigenvalue weighted by Crippen LogP contribution is -2.52. The number of likely N-dealkylation sites (tertiary alicyclic amines) is 1. The minimum atomic E-state index is -0.676. The Morgan fingerprint density at radius 2 is 1.79 bits per heavy atom. The van der Waals surface area contributed by atoms with Crippen molar-refractivity contribution < 1.29 is 24.2 Å². The highest BCUT2D eigenvalue weighted by Crippen LogP contribution is 2.71. The smallest absolute Gasteiger partial charge is 0.248 e. The summed E-state index contributed by atoms with van der Waals surface area (Å²) in [6, 6.07) is 16.2. The van der Waals surface area contributed by atoms with E-state index in [1.807, 2.05) is 30.3 Å². The summed E-state index contributed by atoms with van der Waals surface area (Å²) in [5, 5.41) is 15.3. The maximum atomic E-state index is 14.1. The number of rotatable bonds is 11. The van der Waals surface area contributed by atoms with Crippen LogP contribution in [0.25, 0.3) is 0 Å². The molecule has 3 amide bonds. The van der Waals surface area contributed by atoms with Gasteiger partial charge in [-0.15, -0.1) is 11.8 Å². The molecule has 2 unspecified atom stereocenters. The third-order valence-corrected chi connectivity index (χ3v) is 10.5. The van der Waals surface area contributed by atoms with Crippen LogP contribution >= 0.6 is 11.8 Å². The predicted molar refractivity (Wildman–Crippen MR) is 151 cm³/mol. The third kappa shape index (κ3) is 5.02. The van der Waals surface area contributed by atoms with Crippen LogP contribution in [-0.4, -0.2) is 63.5 Å². The highest BCUT2D eigenvalue weighted by atomic mass is 32.2. The lowest BCUT2D eigenvalue weighted by atomic mass is 9.66. The number of benzene rings is 2. The number of amides is 3. The van der Waals surface area contributed by atoms with Crippen LogP contribution < -0.4 is 15.4 Å². The standard InChI is InChI=1S/C30H37N3O5S/c1-29-15-16-30(39-29)24(23(29)26(35)31-19-20-9-5-3-6-10-20)28(37)33(17-7-4-8-18-34)25(30)27(36)32-21-11-13-22(38-2)14-12-21/h3,5-6,9-14,23-25,34H,4,7-8,15-19H2,1-2H3,(H,31,35)(H,32,36)/t23-,24-,25?,29+,30?/m0/s1. The Kier molecular flexibility index (Phi) is 7.91. The van der Waals surface area contributed by atoms with Crippen LogP contribution in [0.15, 0.2) is 54.6 Å². The first-order valence-corrected chi connectivity index (χ1v) is 14.5. The molecule has 3 aliphatic rings. The number of carbonyl (C=O) groups excluding carboxylic acids is 3. The van der Waals surface area contributed by atoms with E-state index < -0.39 is 27.4 Å². The molecule has 3 saturated heterocycles. The van der Waals surface area contributed by atoms with Crippen molar-refractivity contribution in [2.24, 2.45) is 11.8 Å². The minimum Gasteiger partial charge on any atom is -0.497 e. The fourth-order valence-corrected chi connectivity index (χ4v) is 9.07. The monoisotopic (exact) mass is 551 g/mol. The number of nitrogens with one attached hydrogen (secondary N) is 2. The Balaban J connectivity index is 1.42. The zero-order valence-electron chi connectivity index (χ0n) is 22.5. The van der Waals surface area contributed by atoms with Gasteiger partial charge >= 0.3 is 0 Å². The summed E-state index contributed by atoms with van der Waals surface area (Å²) < 4.78 is 4.16. The maximum Gasteiger partial charge on any atom is 0.248 e. The second-order valence-electron chi connectivity index (χ2n) is 11.0. The molecule has 3 heterocycles. The summed E-state index contributed by atoms with van der Waals surface area (Å²) in [4.78, 5) is 43.5. The van der Waals surface area contributed by atoms with Gasteiger partial charge in [0.2, 0.25) is 17.7 Å². The Morgan fingerprint density at radius 3 is 2.49 bits per heavy atom. The lowest BCUT2D eigenvalue weighted by Gasteiger charge is -2.35. The van der Waals surface area contributed by atoms with Crippen LogP contribution in [0.3, 0.4) is 0 Å². The molecule has 5 atom stereocenters. The predicted octanol–water partition coefficient (Wildman–Crippen LogP) is 3.59. The number of unbranched alkanes of at least 4 members (excludes halogenated alkanes) is 2.